The number of carboxylic acids is 1. The Hall–Kier alpha value is -1.55. The van der Waals surface area contributed by atoms with Gasteiger partial charge in [0.05, 0.1) is 0 Å². The van der Waals surface area contributed by atoms with Gasteiger partial charge in [0.15, 0.2) is 5.71 Å². The molecule has 74 valence electrons. The molecule has 0 aliphatic carbocycles. The van der Waals surface area contributed by atoms with Crippen molar-refractivity contribution in [2.75, 3.05) is 7.11 Å². The minimum absolute atomic E-state index is 0.149. The largest absolute Gasteiger partial charge is 0.476 e. The fourth-order valence-corrected chi connectivity index (χ4v) is 1.04. The van der Waals surface area contributed by atoms with Crippen LogP contribution in [0.25, 0.3) is 0 Å². The third-order valence-corrected chi connectivity index (χ3v) is 1.75. The van der Waals surface area contributed by atoms with E-state index in [4.69, 9.17) is 16.7 Å². The van der Waals surface area contributed by atoms with E-state index in [1.807, 2.05) is 0 Å². The molecular formula is C9H8ClNO3. The zero-order chi connectivity index (χ0) is 10.6. The molecule has 1 aromatic rings. The van der Waals surface area contributed by atoms with Crippen molar-refractivity contribution in [3.05, 3.63) is 34.9 Å². The topological polar surface area (TPSA) is 58.9 Å². The van der Waals surface area contributed by atoms with Crippen molar-refractivity contribution in [1.29, 1.82) is 0 Å². The van der Waals surface area contributed by atoms with Gasteiger partial charge in [0.25, 0.3) is 0 Å². The van der Waals surface area contributed by atoms with Gasteiger partial charge in [0, 0.05) is 10.6 Å². The van der Waals surface area contributed by atoms with Crippen molar-refractivity contribution < 1.29 is 14.7 Å². The summed E-state index contributed by atoms with van der Waals surface area (Å²) in [7, 11) is 1.29. The predicted octanol–water partition coefficient (Wildman–Crippen LogP) is 1.78. The van der Waals surface area contributed by atoms with Crippen LogP contribution in [0.5, 0.6) is 0 Å². The Labute approximate surface area is 85.7 Å². The quantitative estimate of drug-likeness (QED) is 0.615. The molecule has 4 nitrogen and oxygen atoms in total. The molecule has 0 unspecified atom stereocenters. The first-order valence-corrected chi connectivity index (χ1v) is 4.13. The minimum atomic E-state index is -1.14. The molecule has 0 spiro atoms. The maximum atomic E-state index is 10.7. The number of rotatable bonds is 3. The van der Waals surface area contributed by atoms with Gasteiger partial charge in [0.2, 0.25) is 0 Å². The Morgan fingerprint density at radius 3 is 2.43 bits per heavy atom. The fraction of sp³-hybridized carbons (Fsp3) is 0.111. The average molecular weight is 214 g/mol. The number of benzene rings is 1. The summed E-state index contributed by atoms with van der Waals surface area (Å²) in [6.45, 7) is 0. The maximum absolute atomic E-state index is 10.7. The van der Waals surface area contributed by atoms with Crippen LogP contribution in [0.4, 0.5) is 0 Å². The van der Waals surface area contributed by atoms with E-state index in [2.05, 4.69) is 9.99 Å². The second-order valence-corrected chi connectivity index (χ2v) is 2.87. The zero-order valence-electron chi connectivity index (χ0n) is 7.40. The summed E-state index contributed by atoms with van der Waals surface area (Å²) >= 11 is 5.65. The molecule has 0 amide bonds. The smallest absolute Gasteiger partial charge is 0.358 e. The van der Waals surface area contributed by atoms with Gasteiger partial charge in [-0.15, -0.1) is 0 Å². The van der Waals surface area contributed by atoms with E-state index < -0.39 is 5.97 Å². The maximum Gasteiger partial charge on any atom is 0.358 e. The monoisotopic (exact) mass is 213 g/mol. The Morgan fingerprint density at radius 1 is 1.43 bits per heavy atom. The third kappa shape index (κ3) is 2.47. The molecule has 0 fully saturated rings. The zero-order valence-corrected chi connectivity index (χ0v) is 8.15. The number of carbonyl (C=O) groups is 1. The van der Waals surface area contributed by atoms with E-state index in [0.29, 0.717) is 10.6 Å². The van der Waals surface area contributed by atoms with E-state index in [0.717, 1.165) is 0 Å². The molecule has 0 bridgehead atoms. The molecule has 0 saturated carbocycles. The van der Waals surface area contributed by atoms with Crippen LogP contribution >= 0.6 is 11.6 Å². The number of halogens is 1. The highest BCUT2D eigenvalue weighted by atomic mass is 35.5. The molecule has 1 aromatic carbocycles. The number of hydrogen-bond acceptors (Lipinski definition) is 3. The highest BCUT2D eigenvalue weighted by molar-refractivity contribution is 6.42. The lowest BCUT2D eigenvalue weighted by Gasteiger charge is -2.00. The van der Waals surface area contributed by atoms with Crippen molar-refractivity contribution >= 4 is 23.3 Å². The van der Waals surface area contributed by atoms with Gasteiger partial charge in [-0.2, -0.15) is 0 Å². The summed E-state index contributed by atoms with van der Waals surface area (Å²) in [6, 6.07) is 6.30. The van der Waals surface area contributed by atoms with Crippen LogP contribution in [-0.4, -0.2) is 23.9 Å². The minimum Gasteiger partial charge on any atom is -0.476 e. The van der Waals surface area contributed by atoms with E-state index in [1.165, 1.54) is 7.11 Å². The number of aliphatic carboxylic acids is 1. The van der Waals surface area contributed by atoms with Gasteiger partial charge in [-0.3, -0.25) is 0 Å². The van der Waals surface area contributed by atoms with Crippen LogP contribution in [-0.2, 0) is 9.63 Å². The SMILES string of the molecule is CO/N=C(/C(=O)O)c1ccc(Cl)cc1. The van der Waals surface area contributed by atoms with E-state index in [9.17, 15) is 4.79 Å². The first-order valence-electron chi connectivity index (χ1n) is 3.75. The fourth-order valence-electron chi connectivity index (χ4n) is 0.914. The van der Waals surface area contributed by atoms with Crippen molar-refractivity contribution in [2.45, 2.75) is 0 Å². The molecule has 1 rings (SSSR count). The van der Waals surface area contributed by atoms with Gasteiger partial charge in [-0.1, -0.05) is 28.9 Å². The first kappa shape index (κ1) is 10.5. The summed E-state index contributed by atoms with van der Waals surface area (Å²) in [5.41, 5.74) is 0.299. The normalized spacial score (nSPS) is 11.1. The molecule has 0 heterocycles. The third-order valence-electron chi connectivity index (χ3n) is 1.50. The first-order chi connectivity index (χ1) is 6.65. The molecule has 5 heteroatoms. The van der Waals surface area contributed by atoms with Gasteiger partial charge in [-0.25, -0.2) is 4.79 Å². The van der Waals surface area contributed by atoms with Crippen molar-refractivity contribution in [3.8, 4) is 0 Å². The van der Waals surface area contributed by atoms with Crippen molar-refractivity contribution in [2.24, 2.45) is 5.16 Å². The molecule has 14 heavy (non-hydrogen) atoms. The molecule has 0 radical (unpaired) electrons. The van der Waals surface area contributed by atoms with E-state index in [-0.39, 0.29) is 5.71 Å². The van der Waals surface area contributed by atoms with Crippen LogP contribution in [0.2, 0.25) is 5.02 Å². The van der Waals surface area contributed by atoms with E-state index >= 15 is 0 Å². The molecule has 0 atom stereocenters. The predicted molar refractivity (Wildman–Crippen MR) is 52.6 cm³/mol. The van der Waals surface area contributed by atoms with Crippen LogP contribution in [0.15, 0.2) is 29.4 Å². The molecule has 0 aliphatic rings. The number of carboxylic acid groups (broad SMARTS) is 1. The average Bonchev–Trinajstić information content (AvgIpc) is 2.15. The number of oxime groups is 1. The second kappa shape index (κ2) is 4.62. The Balaban J connectivity index is 3.06. The van der Waals surface area contributed by atoms with Crippen LogP contribution in [0.1, 0.15) is 5.56 Å². The standard InChI is InChI=1S/C9H8ClNO3/c1-14-11-8(9(12)13)6-2-4-7(10)5-3-6/h2-5H,1H3,(H,12,13)/b11-8+. The molecule has 0 saturated heterocycles. The summed E-state index contributed by atoms with van der Waals surface area (Å²) in [5.74, 6) is -1.14. The lowest BCUT2D eigenvalue weighted by molar-refractivity contribution is -0.129. The Morgan fingerprint density at radius 2 is 2.00 bits per heavy atom. The molecule has 0 aromatic heterocycles. The van der Waals surface area contributed by atoms with Gasteiger partial charge < -0.3 is 9.94 Å². The summed E-state index contributed by atoms with van der Waals surface area (Å²) in [6.07, 6.45) is 0. The molecular weight excluding hydrogens is 206 g/mol. The van der Waals surface area contributed by atoms with Gasteiger partial charge in [0.1, 0.15) is 7.11 Å². The summed E-state index contributed by atoms with van der Waals surface area (Å²) in [5, 5.41) is 12.7. The molecule has 1 N–H and O–H groups in total. The lowest BCUT2D eigenvalue weighted by atomic mass is 10.1. The highest BCUT2D eigenvalue weighted by Crippen LogP contribution is 2.10. The highest BCUT2D eigenvalue weighted by Gasteiger charge is 2.12. The number of hydrogen-bond donors (Lipinski definition) is 1. The number of nitrogens with zero attached hydrogens (tertiary/aromatic N) is 1. The van der Waals surface area contributed by atoms with Gasteiger partial charge in [-0.05, 0) is 12.1 Å². The summed E-state index contributed by atoms with van der Waals surface area (Å²) in [4.78, 5) is 15.2. The van der Waals surface area contributed by atoms with E-state index in [1.54, 1.807) is 24.3 Å². The van der Waals surface area contributed by atoms with Crippen molar-refractivity contribution in [1.82, 2.24) is 0 Å². The van der Waals surface area contributed by atoms with Crippen molar-refractivity contribution in [3.63, 3.8) is 0 Å². The van der Waals surface area contributed by atoms with Gasteiger partial charge >= 0.3 is 5.97 Å². The lowest BCUT2D eigenvalue weighted by Crippen LogP contribution is -2.14. The molecule has 0 aliphatic heterocycles. The summed E-state index contributed by atoms with van der Waals surface area (Å²) < 4.78 is 0. The second-order valence-electron chi connectivity index (χ2n) is 2.43. The van der Waals surface area contributed by atoms with Crippen LogP contribution in [0, 0.1) is 0 Å². The van der Waals surface area contributed by atoms with Crippen LogP contribution < -0.4 is 0 Å². The Bertz CT molecular complexity index is 359. The van der Waals surface area contributed by atoms with Crippen LogP contribution in [0.3, 0.4) is 0 Å². The Kier molecular flexibility index (Phi) is 3.48.